The molecule has 100 valence electrons. The SMILES string of the molecule is CNC(Cc1c(C)cc(C)cc1C)c1cccnc1. The largest absolute Gasteiger partial charge is 0.313 e. The van der Waals surface area contributed by atoms with E-state index in [0.29, 0.717) is 6.04 Å². The van der Waals surface area contributed by atoms with E-state index in [0.717, 1.165) is 6.42 Å². The van der Waals surface area contributed by atoms with Crippen molar-refractivity contribution in [3.8, 4) is 0 Å². The topological polar surface area (TPSA) is 24.9 Å². The van der Waals surface area contributed by atoms with Crippen LogP contribution in [0.2, 0.25) is 0 Å². The molecule has 1 aromatic heterocycles. The number of aryl methyl sites for hydroxylation is 3. The van der Waals surface area contributed by atoms with Crippen molar-refractivity contribution >= 4 is 0 Å². The van der Waals surface area contributed by atoms with Gasteiger partial charge in [0.1, 0.15) is 0 Å². The van der Waals surface area contributed by atoms with Gasteiger partial charge in [-0.05, 0) is 62.6 Å². The van der Waals surface area contributed by atoms with Crippen LogP contribution in [-0.2, 0) is 6.42 Å². The number of aromatic nitrogens is 1. The highest BCUT2D eigenvalue weighted by molar-refractivity contribution is 5.38. The van der Waals surface area contributed by atoms with Gasteiger partial charge in [0.15, 0.2) is 0 Å². The van der Waals surface area contributed by atoms with Crippen LogP contribution in [0.4, 0.5) is 0 Å². The molecule has 0 fully saturated rings. The maximum Gasteiger partial charge on any atom is 0.0373 e. The predicted octanol–water partition coefficient (Wildman–Crippen LogP) is 3.51. The molecule has 0 amide bonds. The van der Waals surface area contributed by atoms with Crippen molar-refractivity contribution in [3.63, 3.8) is 0 Å². The van der Waals surface area contributed by atoms with E-state index in [1.165, 1.54) is 27.8 Å². The molecule has 1 N–H and O–H groups in total. The average molecular weight is 254 g/mol. The van der Waals surface area contributed by atoms with Gasteiger partial charge in [-0.3, -0.25) is 4.98 Å². The second kappa shape index (κ2) is 5.98. The molecule has 1 atom stereocenters. The highest BCUT2D eigenvalue weighted by Crippen LogP contribution is 2.23. The van der Waals surface area contributed by atoms with Crippen LogP contribution in [-0.4, -0.2) is 12.0 Å². The molecule has 1 heterocycles. The summed E-state index contributed by atoms with van der Waals surface area (Å²) in [6.45, 7) is 6.55. The Morgan fingerprint density at radius 2 is 1.84 bits per heavy atom. The van der Waals surface area contributed by atoms with E-state index in [-0.39, 0.29) is 0 Å². The summed E-state index contributed by atoms with van der Waals surface area (Å²) in [7, 11) is 2.01. The number of likely N-dealkylation sites (N-methyl/N-ethyl adjacent to an activating group) is 1. The molecule has 2 heteroatoms. The second-order valence-electron chi connectivity index (χ2n) is 5.21. The number of nitrogens with one attached hydrogen (secondary N) is 1. The van der Waals surface area contributed by atoms with Crippen molar-refractivity contribution in [2.24, 2.45) is 0 Å². The first-order valence-corrected chi connectivity index (χ1v) is 6.75. The summed E-state index contributed by atoms with van der Waals surface area (Å²) in [6, 6.07) is 8.96. The van der Waals surface area contributed by atoms with Crippen LogP contribution < -0.4 is 5.32 Å². The van der Waals surface area contributed by atoms with Gasteiger partial charge < -0.3 is 5.32 Å². The van der Waals surface area contributed by atoms with Crippen LogP contribution in [0.15, 0.2) is 36.7 Å². The van der Waals surface area contributed by atoms with Crippen LogP contribution in [0.25, 0.3) is 0 Å². The van der Waals surface area contributed by atoms with E-state index < -0.39 is 0 Å². The molecule has 19 heavy (non-hydrogen) atoms. The van der Waals surface area contributed by atoms with Crippen LogP contribution >= 0.6 is 0 Å². The van der Waals surface area contributed by atoms with E-state index in [1.54, 1.807) is 0 Å². The van der Waals surface area contributed by atoms with Crippen LogP contribution in [0.3, 0.4) is 0 Å². The molecule has 2 aromatic rings. The number of pyridine rings is 1. The van der Waals surface area contributed by atoms with Gasteiger partial charge in [0.05, 0.1) is 0 Å². The Morgan fingerprint density at radius 1 is 1.16 bits per heavy atom. The predicted molar refractivity (Wildman–Crippen MR) is 80.4 cm³/mol. The first kappa shape index (κ1) is 13.8. The zero-order valence-corrected chi connectivity index (χ0v) is 12.2. The third kappa shape index (κ3) is 3.21. The monoisotopic (exact) mass is 254 g/mol. The molecular formula is C17H22N2. The van der Waals surface area contributed by atoms with E-state index >= 15 is 0 Å². The lowest BCUT2D eigenvalue weighted by molar-refractivity contribution is 0.587. The molecule has 0 spiro atoms. The Balaban J connectivity index is 2.29. The molecule has 0 saturated heterocycles. The van der Waals surface area contributed by atoms with Crippen LogP contribution in [0.1, 0.15) is 33.9 Å². The van der Waals surface area contributed by atoms with Gasteiger partial charge in [-0.15, -0.1) is 0 Å². The highest BCUT2D eigenvalue weighted by Gasteiger charge is 2.13. The molecule has 2 rings (SSSR count). The number of nitrogens with zero attached hydrogens (tertiary/aromatic N) is 1. The van der Waals surface area contributed by atoms with Crippen molar-refractivity contribution < 1.29 is 0 Å². The minimum atomic E-state index is 0.314. The van der Waals surface area contributed by atoms with Crippen molar-refractivity contribution in [1.82, 2.24) is 10.3 Å². The van der Waals surface area contributed by atoms with Crippen LogP contribution in [0.5, 0.6) is 0 Å². The molecular weight excluding hydrogens is 232 g/mol. The van der Waals surface area contributed by atoms with Gasteiger partial charge >= 0.3 is 0 Å². The van der Waals surface area contributed by atoms with E-state index in [4.69, 9.17) is 0 Å². The molecule has 1 aromatic carbocycles. The van der Waals surface area contributed by atoms with Crippen molar-refractivity contribution in [2.45, 2.75) is 33.2 Å². The minimum absolute atomic E-state index is 0.314. The Labute approximate surface area is 115 Å². The van der Waals surface area contributed by atoms with Gasteiger partial charge in [0, 0.05) is 18.4 Å². The van der Waals surface area contributed by atoms with E-state index in [9.17, 15) is 0 Å². The summed E-state index contributed by atoms with van der Waals surface area (Å²) in [5.74, 6) is 0. The molecule has 0 aliphatic carbocycles. The molecule has 2 nitrogen and oxygen atoms in total. The summed E-state index contributed by atoms with van der Waals surface area (Å²) in [4.78, 5) is 4.21. The molecule has 0 radical (unpaired) electrons. The normalized spacial score (nSPS) is 12.4. The summed E-state index contributed by atoms with van der Waals surface area (Å²) in [5, 5.41) is 3.40. The quantitative estimate of drug-likeness (QED) is 0.903. The average Bonchev–Trinajstić information content (AvgIpc) is 2.39. The number of hydrogen-bond donors (Lipinski definition) is 1. The minimum Gasteiger partial charge on any atom is -0.313 e. The molecule has 1 unspecified atom stereocenters. The summed E-state index contributed by atoms with van der Waals surface area (Å²) < 4.78 is 0. The van der Waals surface area contributed by atoms with Crippen molar-refractivity contribution in [3.05, 3.63) is 64.5 Å². The fourth-order valence-corrected chi connectivity index (χ4v) is 2.70. The van der Waals surface area contributed by atoms with E-state index in [2.05, 4.69) is 49.3 Å². The lowest BCUT2D eigenvalue weighted by Gasteiger charge is -2.19. The van der Waals surface area contributed by atoms with E-state index in [1.807, 2.05) is 25.5 Å². The third-order valence-corrected chi connectivity index (χ3v) is 3.68. The van der Waals surface area contributed by atoms with Gasteiger partial charge in [-0.2, -0.15) is 0 Å². The Bertz CT molecular complexity index is 523. The Morgan fingerprint density at radius 3 is 2.37 bits per heavy atom. The number of rotatable bonds is 4. The zero-order valence-electron chi connectivity index (χ0n) is 12.2. The summed E-state index contributed by atoms with van der Waals surface area (Å²) in [5.41, 5.74) is 6.77. The standard InChI is InChI=1S/C17H22N2/c1-12-8-13(2)16(14(3)9-12)10-17(18-4)15-6-5-7-19-11-15/h5-9,11,17-18H,10H2,1-4H3. The van der Waals surface area contributed by atoms with Crippen LogP contribution in [0, 0.1) is 20.8 Å². The smallest absolute Gasteiger partial charge is 0.0373 e. The lowest BCUT2D eigenvalue weighted by Crippen LogP contribution is -2.20. The van der Waals surface area contributed by atoms with Crippen molar-refractivity contribution in [1.29, 1.82) is 0 Å². The fourth-order valence-electron chi connectivity index (χ4n) is 2.70. The second-order valence-corrected chi connectivity index (χ2v) is 5.21. The van der Waals surface area contributed by atoms with Crippen molar-refractivity contribution in [2.75, 3.05) is 7.05 Å². The third-order valence-electron chi connectivity index (χ3n) is 3.68. The summed E-state index contributed by atoms with van der Waals surface area (Å²) >= 11 is 0. The fraction of sp³-hybridized carbons (Fsp3) is 0.353. The highest BCUT2D eigenvalue weighted by atomic mass is 14.9. The number of hydrogen-bond acceptors (Lipinski definition) is 2. The summed E-state index contributed by atoms with van der Waals surface area (Å²) in [6.07, 6.45) is 4.76. The van der Waals surface area contributed by atoms with Gasteiger partial charge in [0.2, 0.25) is 0 Å². The Kier molecular flexibility index (Phi) is 4.33. The van der Waals surface area contributed by atoms with Gasteiger partial charge in [0.25, 0.3) is 0 Å². The maximum absolute atomic E-state index is 4.21. The zero-order chi connectivity index (χ0) is 13.8. The molecule has 0 aliphatic heterocycles. The molecule has 0 saturated carbocycles. The first-order chi connectivity index (χ1) is 9.11. The number of benzene rings is 1. The molecule has 0 aliphatic rings. The van der Waals surface area contributed by atoms with Gasteiger partial charge in [-0.1, -0.05) is 23.8 Å². The Hall–Kier alpha value is -1.67. The maximum atomic E-state index is 4.21. The lowest BCUT2D eigenvalue weighted by atomic mass is 9.92. The van der Waals surface area contributed by atoms with Gasteiger partial charge in [-0.25, -0.2) is 0 Å². The molecule has 0 bridgehead atoms. The first-order valence-electron chi connectivity index (χ1n) is 6.75.